The topological polar surface area (TPSA) is 55.4 Å². The Balaban J connectivity index is 1.83. The summed E-state index contributed by atoms with van der Waals surface area (Å²) in [6.07, 6.45) is 9.30. The average molecular weight is 390 g/mol. The Morgan fingerprint density at radius 3 is 2.88 bits per heavy atom. The van der Waals surface area contributed by atoms with Crippen LogP contribution in [0.3, 0.4) is 0 Å². The minimum absolute atomic E-state index is 0.223. The van der Waals surface area contributed by atoms with Crippen molar-refractivity contribution in [1.29, 1.82) is 0 Å². The molecule has 1 aliphatic rings. The Morgan fingerprint density at radius 1 is 1.27 bits per heavy atom. The first-order valence-corrected chi connectivity index (χ1v) is 10.7. The summed E-state index contributed by atoms with van der Waals surface area (Å²) < 4.78 is 5.38. The fraction of sp³-hybridized carbons (Fsp3) is 0.400. The molecule has 0 saturated heterocycles. The summed E-state index contributed by atoms with van der Waals surface area (Å²) in [5, 5.41) is 5.50. The zero-order valence-corrected chi connectivity index (χ0v) is 16.5. The van der Waals surface area contributed by atoms with E-state index in [9.17, 15) is 9.59 Å². The number of esters is 1. The molecule has 138 valence electrons. The van der Waals surface area contributed by atoms with Crippen LogP contribution in [0.4, 0.5) is 5.00 Å². The fourth-order valence-corrected chi connectivity index (χ4v) is 4.91. The first-order valence-electron chi connectivity index (χ1n) is 9.03. The molecular weight excluding hydrogens is 366 g/mol. The third kappa shape index (κ3) is 4.62. The van der Waals surface area contributed by atoms with Gasteiger partial charge in [0.15, 0.2) is 0 Å². The smallest absolute Gasteiger partial charge is 0.341 e. The van der Waals surface area contributed by atoms with Crippen molar-refractivity contribution in [2.75, 3.05) is 11.9 Å². The van der Waals surface area contributed by atoms with Gasteiger partial charge in [0.05, 0.1) is 12.2 Å². The highest BCUT2D eigenvalue weighted by Crippen LogP contribution is 2.38. The number of amides is 1. The van der Waals surface area contributed by atoms with Crippen LogP contribution in [0.5, 0.6) is 0 Å². The number of nitrogens with one attached hydrogen (secondary N) is 1. The van der Waals surface area contributed by atoms with Gasteiger partial charge in [0, 0.05) is 15.8 Å². The van der Waals surface area contributed by atoms with Gasteiger partial charge in [-0.2, -0.15) is 0 Å². The Hall–Kier alpha value is -1.92. The van der Waals surface area contributed by atoms with E-state index in [-0.39, 0.29) is 11.9 Å². The maximum Gasteiger partial charge on any atom is 0.341 e. The Labute approximate surface area is 161 Å². The number of carbonyl (C=O) groups excluding carboxylic acids is 2. The van der Waals surface area contributed by atoms with Crippen LogP contribution < -0.4 is 5.32 Å². The molecule has 0 aromatic carbocycles. The number of ether oxygens (including phenoxy) is 1. The lowest BCUT2D eigenvalue weighted by molar-refractivity contribution is -0.111. The van der Waals surface area contributed by atoms with Gasteiger partial charge in [0.2, 0.25) is 5.91 Å². The van der Waals surface area contributed by atoms with Gasteiger partial charge in [-0.1, -0.05) is 19.4 Å². The zero-order valence-electron chi connectivity index (χ0n) is 14.9. The highest BCUT2D eigenvalue weighted by atomic mass is 32.1. The number of aryl methyl sites for hydroxylation is 1. The highest BCUT2D eigenvalue weighted by Gasteiger charge is 2.26. The Kier molecular flexibility index (Phi) is 6.63. The van der Waals surface area contributed by atoms with Gasteiger partial charge in [-0.3, -0.25) is 4.79 Å². The molecule has 0 saturated carbocycles. The number of anilines is 1. The molecule has 0 unspecified atom stereocenters. The molecule has 3 rings (SSSR count). The van der Waals surface area contributed by atoms with E-state index in [2.05, 4.69) is 5.32 Å². The molecule has 1 N–H and O–H groups in total. The summed E-state index contributed by atoms with van der Waals surface area (Å²) in [6.45, 7) is 2.37. The highest BCUT2D eigenvalue weighted by molar-refractivity contribution is 7.17. The van der Waals surface area contributed by atoms with Crippen LogP contribution in [-0.4, -0.2) is 18.5 Å². The van der Waals surface area contributed by atoms with Gasteiger partial charge in [-0.25, -0.2) is 4.79 Å². The second-order valence-electron chi connectivity index (χ2n) is 6.24. The van der Waals surface area contributed by atoms with Crippen LogP contribution in [0.15, 0.2) is 23.6 Å². The second-order valence-corrected chi connectivity index (χ2v) is 8.33. The largest absolute Gasteiger partial charge is 0.462 e. The van der Waals surface area contributed by atoms with E-state index in [4.69, 9.17) is 4.74 Å². The van der Waals surface area contributed by atoms with Crippen molar-refractivity contribution >= 4 is 45.6 Å². The quantitative estimate of drug-likeness (QED) is 0.414. The van der Waals surface area contributed by atoms with Crippen molar-refractivity contribution < 1.29 is 14.3 Å². The molecule has 0 fully saturated rings. The van der Waals surface area contributed by atoms with Crippen LogP contribution in [0.2, 0.25) is 0 Å². The first-order chi connectivity index (χ1) is 12.7. The van der Waals surface area contributed by atoms with E-state index in [1.807, 2.05) is 24.4 Å². The van der Waals surface area contributed by atoms with Crippen molar-refractivity contribution in [2.45, 2.75) is 45.4 Å². The molecule has 0 bridgehead atoms. The standard InChI is InChI=1S/C20H23NO3S2/c1-2-12-24-20(23)18-15-8-4-3-5-9-16(15)26-19(18)21-17(22)11-10-14-7-6-13-25-14/h6-7,10-11,13H,2-5,8-9,12H2,1H3,(H,21,22). The summed E-state index contributed by atoms with van der Waals surface area (Å²) in [7, 11) is 0. The monoisotopic (exact) mass is 389 g/mol. The number of hydrogen-bond donors (Lipinski definition) is 1. The molecule has 2 heterocycles. The molecule has 6 heteroatoms. The summed E-state index contributed by atoms with van der Waals surface area (Å²) >= 11 is 3.10. The van der Waals surface area contributed by atoms with Crippen LogP contribution in [0.25, 0.3) is 6.08 Å². The van der Waals surface area contributed by atoms with Gasteiger partial charge >= 0.3 is 5.97 Å². The predicted octanol–water partition coefficient (Wildman–Crippen LogP) is 5.30. The molecule has 2 aromatic rings. The lowest BCUT2D eigenvalue weighted by Crippen LogP contribution is -2.13. The maximum atomic E-state index is 12.6. The van der Waals surface area contributed by atoms with Gasteiger partial charge in [-0.05, 0) is 55.2 Å². The lowest BCUT2D eigenvalue weighted by Gasteiger charge is -2.08. The second kappa shape index (κ2) is 9.14. The summed E-state index contributed by atoms with van der Waals surface area (Å²) in [4.78, 5) is 27.2. The van der Waals surface area contributed by atoms with Crippen molar-refractivity contribution in [1.82, 2.24) is 0 Å². The van der Waals surface area contributed by atoms with Crippen molar-refractivity contribution in [3.8, 4) is 0 Å². The van der Waals surface area contributed by atoms with Crippen molar-refractivity contribution in [2.24, 2.45) is 0 Å². The number of hydrogen-bond acceptors (Lipinski definition) is 5. The minimum Gasteiger partial charge on any atom is -0.462 e. The molecule has 0 radical (unpaired) electrons. The normalized spacial score (nSPS) is 14.0. The maximum absolute atomic E-state index is 12.6. The molecule has 26 heavy (non-hydrogen) atoms. The van der Waals surface area contributed by atoms with Gasteiger partial charge in [0.1, 0.15) is 5.00 Å². The number of thiophene rings is 2. The van der Waals surface area contributed by atoms with Crippen LogP contribution in [0, 0.1) is 0 Å². The zero-order chi connectivity index (χ0) is 18.4. The number of carbonyl (C=O) groups is 2. The molecule has 0 aliphatic heterocycles. The number of rotatable bonds is 6. The average Bonchev–Trinajstić information content (AvgIpc) is 3.20. The van der Waals surface area contributed by atoms with Crippen molar-refractivity contribution in [3.63, 3.8) is 0 Å². The molecule has 1 amide bonds. The Morgan fingerprint density at radius 2 is 2.12 bits per heavy atom. The SMILES string of the molecule is CCCOC(=O)c1c(NC(=O)C=Cc2cccs2)sc2c1CCCCC2. The van der Waals surface area contributed by atoms with E-state index >= 15 is 0 Å². The lowest BCUT2D eigenvalue weighted by atomic mass is 10.1. The Bertz CT molecular complexity index is 790. The molecular formula is C20H23NO3S2. The van der Waals surface area contributed by atoms with E-state index in [0.717, 1.165) is 42.5 Å². The van der Waals surface area contributed by atoms with Gasteiger partial charge in [0.25, 0.3) is 0 Å². The third-order valence-electron chi connectivity index (χ3n) is 4.24. The summed E-state index contributed by atoms with van der Waals surface area (Å²) in [5.41, 5.74) is 1.64. The fourth-order valence-electron chi connectivity index (χ4n) is 3.01. The molecule has 4 nitrogen and oxygen atoms in total. The summed E-state index contributed by atoms with van der Waals surface area (Å²) in [6, 6.07) is 3.90. The van der Waals surface area contributed by atoms with E-state index in [1.165, 1.54) is 28.7 Å². The predicted molar refractivity (Wildman–Crippen MR) is 108 cm³/mol. The van der Waals surface area contributed by atoms with E-state index < -0.39 is 0 Å². The molecule has 2 aromatic heterocycles. The van der Waals surface area contributed by atoms with Gasteiger partial charge < -0.3 is 10.1 Å². The van der Waals surface area contributed by atoms with Gasteiger partial charge in [-0.15, -0.1) is 22.7 Å². The van der Waals surface area contributed by atoms with Crippen LogP contribution in [-0.2, 0) is 22.4 Å². The van der Waals surface area contributed by atoms with Crippen molar-refractivity contribution in [3.05, 3.63) is 44.5 Å². The molecule has 1 aliphatic carbocycles. The van der Waals surface area contributed by atoms with E-state index in [0.29, 0.717) is 17.2 Å². The number of fused-ring (bicyclic) bond motifs is 1. The minimum atomic E-state index is -0.316. The molecule has 0 atom stereocenters. The van der Waals surface area contributed by atoms with Crippen LogP contribution in [0.1, 0.15) is 58.3 Å². The molecule has 0 spiro atoms. The van der Waals surface area contributed by atoms with Crippen LogP contribution >= 0.6 is 22.7 Å². The first kappa shape index (κ1) is 18.9. The summed E-state index contributed by atoms with van der Waals surface area (Å²) in [5.74, 6) is -0.539. The third-order valence-corrected chi connectivity index (χ3v) is 6.29. The van der Waals surface area contributed by atoms with E-state index in [1.54, 1.807) is 17.4 Å².